The third-order valence-corrected chi connectivity index (χ3v) is 4.39. The highest BCUT2D eigenvalue weighted by Crippen LogP contribution is 2.16. The minimum atomic E-state index is -2.86. The molecular weight excluding hydrogens is 160 g/mol. The van der Waals surface area contributed by atoms with Crippen LogP contribution >= 0.6 is 0 Å². The molecule has 0 atom stereocenters. The maximum Gasteiger partial charge on any atom is 0.155 e. The second-order valence-electron chi connectivity index (χ2n) is 3.78. The fourth-order valence-corrected chi connectivity index (χ4v) is 1.92. The van der Waals surface area contributed by atoms with Gasteiger partial charge in [-0.1, -0.05) is 13.3 Å². The van der Waals surface area contributed by atoms with Crippen molar-refractivity contribution >= 4 is 9.84 Å². The molecule has 0 amide bonds. The summed E-state index contributed by atoms with van der Waals surface area (Å²) in [6, 6.07) is 0. The Morgan fingerprint density at radius 2 is 1.64 bits per heavy atom. The van der Waals surface area contributed by atoms with Gasteiger partial charge in [-0.25, -0.2) is 8.42 Å². The van der Waals surface area contributed by atoms with E-state index in [4.69, 9.17) is 0 Å². The molecule has 0 heterocycles. The van der Waals surface area contributed by atoms with Gasteiger partial charge >= 0.3 is 0 Å². The minimum absolute atomic E-state index is 0.326. The van der Waals surface area contributed by atoms with Gasteiger partial charge in [0.1, 0.15) is 0 Å². The second kappa shape index (κ2) is 3.57. The van der Waals surface area contributed by atoms with Gasteiger partial charge in [-0.05, 0) is 27.2 Å². The van der Waals surface area contributed by atoms with Crippen LogP contribution in [0.4, 0.5) is 0 Å². The Morgan fingerprint density at radius 3 is 1.91 bits per heavy atom. The van der Waals surface area contributed by atoms with Gasteiger partial charge in [0.2, 0.25) is 0 Å². The minimum Gasteiger partial charge on any atom is -0.228 e. The summed E-state index contributed by atoms with van der Waals surface area (Å²) in [4.78, 5) is 0. The Morgan fingerprint density at radius 1 is 1.18 bits per heavy atom. The number of hydrogen-bond donors (Lipinski definition) is 0. The molecule has 3 heteroatoms. The Bertz CT molecular complexity index is 197. The predicted octanol–water partition coefficient (Wildman–Crippen LogP) is 2.00. The Hall–Kier alpha value is -0.0500. The van der Waals surface area contributed by atoms with Crippen molar-refractivity contribution in [2.24, 2.45) is 0 Å². The largest absolute Gasteiger partial charge is 0.228 e. The molecule has 0 bridgehead atoms. The van der Waals surface area contributed by atoms with Gasteiger partial charge in [0.25, 0.3) is 0 Å². The molecule has 0 rings (SSSR count). The highest BCUT2D eigenvalue weighted by molar-refractivity contribution is 7.92. The molecule has 0 fully saturated rings. The summed E-state index contributed by atoms with van der Waals surface area (Å²) in [5.41, 5.74) is 0. The lowest BCUT2D eigenvalue weighted by Crippen LogP contribution is -2.30. The van der Waals surface area contributed by atoms with E-state index in [9.17, 15) is 8.42 Å². The number of rotatable bonds is 3. The van der Waals surface area contributed by atoms with Gasteiger partial charge < -0.3 is 0 Å². The summed E-state index contributed by atoms with van der Waals surface area (Å²) in [5.74, 6) is 0.326. The molecule has 0 spiro atoms. The van der Waals surface area contributed by atoms with E-state index in [1.54, 1.807) is 20.8 Å². The van der Waals surface area contributed by atoms with E-state index in [-0.39, 0.29) is 0 Å². The summed E-state index contributed by atoms with van der Waals surface area (Å²) in [6.45, 7) is 7.24. The van der Waals surface area contributed by atoms with Crippen LogP contribution in [0.1, 0.15) is 40.5 Å². The van der Waals surface area contributed by atoms with Crippen molar-refractivity contribution in [1.29, 1.82) is 0 Å². The van der Waals surface area contributed by atoms with E-state index in [1.165, 1.54) is 0 Å². The average molecular weight is 178 g/mol. The summed E-state index contributed by atoms with van der Waals surface area (Å²) in [6.07, 6.45) is 1.72. The molecule has 2 nitrogen and oxygen atoms in total. The Kier molecular flexibility index (Phi) is 3.55. The van der Waals surface area contributed by atoms with Gasteiger partial charge in [-0.15, -0.1) is 0 Å². The second-order valence-corrected chi connectivity index (χ2v) is 6.65. The van der Waals surface area contributed by atoms with Crippen LogP contribution in [0, 0.1) is 0 Å². The van der Waals surface area contributed by atoms with Crippen molar-refractivity contribution < 1.29 is 8.42 Å². The van der Waals surface area contributed by atoms with Crippen LogP contribution in [0.2, 0.25) is 0 Å². The molecule has 0 N–H and O–H groups in total. The highest BCUT2D eigenvalue weighted by Gasteiger charge is 2.27. The SMILES string of the molecule is CCCCS(=O)(=O)C(C)(C)C. The van der Waals surface area contributed by atoms with Gasteiger partial charge in [0.05, 0.1) is 10.5 Å². The summed E-state index contributed by atoms with van der Waals surface area (Å²) < 4.78 is 22.2. The van der Waals surface area contributed by atoms with E-state index in [2.05, 4.69) is 0 Å². The topological polar surface area (TPSA) is 34.1 Å². The maximum atomic E-state index is 11.4. The molecule has 11 heavy (non-hydrogen) atoms. The van der Waals surface area contributed by atoms with Crippen molar-refractivity contribution in [1.82, 2.24) is 0 Å². The first-order valence-electron chi connectivity index (χ1n) is 4.03. The van der Waals surface area contributed by atoms with Gasteiger partial charge in [0, 0.05) is 0 Å². The van der Waals surface area contributed by atoms with Crippen LogP contribution in [0.3, 0.4) is 0 Å². The molecule has 0 aliphatic heterocycles. The fraction of sp³-hybridized carbons (Fsp3) is 1.00. The number of hydrogen-bond acceptors (Lipinski definition) is 2. The van der Waals surface area contributed by atoms with Gasteiger partial charge in [-0.2, -0.15) is 0 Å². The molecule has 0 radical (unpaired) electrons. The van der Waals surface area contributed by atoms with Crippen LogP contribution in [-0.2, 0) is 9.84 Å². The molecule has 0 unspecified atom stereocenters. The van der Waals surface area contributed by atoms with Gasteiger partial charge in [0.15, 0.2) is 9.84 Å². The van der Waals surface area contributed by atoms with Crippen LogP contribution < -0.4 is 0 Å². The normalized spacial score (nSPS) is 13.5. The molecule has 0 saturated carbocycles. The van der Waals surface area contributed by atoms with Crippen LogP contribution in [0.15, 0.2) is 0 Å². The molecule has 0 aromatic heterocycles. The van der Waals surface area contributed by atoms with Crippen LogP contribution in [-0.4, -0.2) is 18.9 Å². The van der Waals surface area contributed by atoms with Crippen LogP contribution in [0.5, 0.6) is 0 Å². The molecule has 0 aromatic carbocycles. The molecule has 0 aliphatic carbocycles. The lowest BCUT2D eigenvalue weighted by Gasteiger charge is -2.18. The number of sulfone groups is 1. The Labute approximate surface area is 69.9 Å². The first-order valence-corrected chi connectivity index (χ1v) is 5.69. The van der Waals surface area contributed by atoms with E-state index < -0.39 is 14.6 Å². The smallest absolute Gasteiger partial charge is 0.155 e. The third kappa shape index (κ3) is 3.23. The monoisotopic (exact) mass is 178 g/mol. The lowest BCUT2D eigenvalue weighted by molar-refractivity contribution is 0.557. The molecule has 0 saturated heterocycles. The van der Waals surface area contributed by atoms with E-state index in [0.29, 0.717) is 5.75 Å². The zero-order chi connectivity index (χ0) is 9.12. The zero-order valence-corrected chi connectivity index (χ0v) is 8.66. The fourth-order valence-electron chi connectivity index (χ4n) is 0.641. The van der Waals surface area contributed by atoms with E-state index in [1.807, 2.05) is 6.92 Å². The predicted molar refractivity (Wildman–Crippen MR) is 48.4 cm³/mol. The molecule has 68 valence electrons. The third-order valence-electron chi connectivity index (χ3n) is 1.70. The molecule has 0 aromatic rings. The molecule has 0 aliphatic rings. The first kappa shape index (κ1) is 11.0. The average Bonchev–Trinajstić information content (AvgIpc) is 1.81. The summed E-state index contributed by atoms with van der Waals surface area (Å²) >= 11 is 0. The van der Waals surface area contributed by atoms with Crippen molar-refractivity contribution in [2.75, 3.05) is 5.75 Å². The zero-order valence-electron chi connectivity index (χ0n) is 7.85. The molecular formula is C8H18O2S. The quantitative estimate of drug-likeness (QED) is 0.662. The summed E-state index contributed by atoms with van der Waals surface area (Å²) in [5, 5.41) is 0. The van der Waals surface area contributed by atoms with Crippen molar-refractivity contribution in [3.63, 3.8) is 0 Å². The Balaban J connectivity index is 4.26. The van der Waals surface area contributed by atoms with Crippen LogP contribution in [0.25, 0.3) is 0 Å². The van der Waals surface area contributed by atoms with E-state index >= 15 is 0 Å². The standard InChI is InChI=1S/C8H18O2S/c1-5-6-7-11(9,10)8(2,3)4/h5-7H2,1-4H3. The van der Waals surface area contributed by atoms with Crippen molar-refractivity contribution in [3.8, 4) is 0 Å². The maximum absolute atomic E-state index is 11.4. The lowest BCUT2D eigenvalue weighted by atomic mass is 10.3. The van der Waals surface area contributed by atoms with Crippen molar-refractivity contribution in [3.05, 3.63) is 0 Å². The first-order chi connectivity index (χ1) is 4.81. The van der Waals surface area contributed by atoms with Gasteiger partial charge in [-0.3, -0.25) is 0 Å². The number of unbranched alkanes of at least 4 members (excludes halogenated alkanes) is 1. The highest BCUT2D eigenvalue weighted by atomic mass is 32.2. The van der Waals surface area contributed by atoms with Crippen molar-refractivity contribution in [2.45, 2.75) is 45.3 Å². The summed E-state index contributed by atoms with van der Waals surface area (Å²) in [7, 11) is -2.86. The van der Waals surface area contributed by atoms with E-state index in [0.717, 1.165) is 12.8 Å².